The van der Waals surface area contributed by atoms with Crippen LogP contribution >= 0.6 is 24.0 Å². The SMILES string of the molecule is CN=C(NCc1coc(-c2ccccc2)n1)NC(C)c1ccc(C)o1.I. The molecule has 0 radical (unpaired) electrons. The molecular weight excluding hydrogens is 443 g/mol. The number of nitrogens with one attached hydrogen (secondary N) is 2. The van der Waals surface area contributed by atoms with E-state index >= 15 is 0 Å². The second-order valence-electron chi connectivity index (χ2n) is 5.75. The van der Waals surface area contributed by atoms with Gasteiger partial charge in [-0.05, 0) is 38.1 Å². The van der Waals surface area contributed by atoms with Crippen molar-refractivity contribution in [2.75, 3.05) is 7.05 Å². The summed E-state index contributed by atoms with van der Waals surface area (Å²) in [7, 11) is 1.73. The van der Waals surface area contributed by atoms with Crippen molar-refractivity contribution in [3.63, 3.8) is 0 Å². The van der Waals surface area contributed by atoms with Crippen LogP contribution in [-0.2, 0) is 6.54 Å². The molecule has 2 N–H and O–H groups in total. The molecule has 0 aliphatic heterocycles. The Morgan fingerprint density at radius 3 is 2.62 bits per heavy atom. The van der Waals surface area contributed by atoms with E-state index in [0.29, 0.717) is 18.4 Å². The smallest absolute Gasteiger partial charge is 0.226 e. The summed E-state index contributed by atoms with van der Waals surface area (Å²) in [6.07, 6.45) is 1.65. The number of oxazole rings is 1. The molecular formula is C19H23IN4O2. The van der Waals surface area contributed by atoms with Crippen LogP contribution in [0.3, 0.4) is 0 Å². The second kappa shape index (κ2) is 9.42. The molecule has 0 aliphatic carbocycles. The summed E-state index contributed by atoms with van der Waals surface area (Å²) in [5, 5.41) is 6.52. The largest absolute Gasteiger partial charge is 0.464 e. The van der Waals surface area contributed by atoms with Crippen molar-refractivity contribution in [1.29, 1.82) is 0 Å². The van der Waals surface area contributed by atoms with Crippen molar-refractivity contribution >= 4 is 29.9 Å². The molecule has 6 nitrogen and oxygen atoms in total. The number of hydrogen-bond donors (Lipinski definition) is 2. The lowest BCUT2D eigenvalue weighted by Gasteiger charge is -2.15. The van der Waals surface area contributed by atoms with E-state index in [1.807, 2.05) is 56.3 Å². The summed E-state index contributed by atoms with van der Waals surface area (Å²) in [4.78, 5) is 8.73. The van der Waals surface area contributed by atoms with E-state index in [-0.39, 0.29) is 30.0 Å². The van der Waals surface area contributed by atoms with Crippen molar-refractivity contribution in [3.05, 3.63) is 65.9 Å². The maximum absolute atomic E-state index is 5.63. The maximum atomic E-state index is 5.63. The molecule has 0 aliphatic rings. The topological polar surface area (TPSA) is 75.6 Å². The van der Waals surface area contributed by atoms with Gasteiger partial charge in [0, 0.05) is 12.6 Å². The Labute approximate surface area is 170 Å². The summed E-state index contributed by atoms with van der Waals surface area (Å²) in [5.74, 6) is 3.04. The minimum Gasteiger partial charge on any atom is -0.464 e. The molecule has 2 heterocycles. The zero-order chi connectivity index (χ0) is 17.6. The van der Waals surface area contributed by atoms with Crippen LogP contribution in [0, 0.1) is 6.92 Å². The van der Waals surface area contributed by atoms with E-state index in [1.54, 1.807) is 13.3 Å². The van der Waals surface area contributed by atoms with Crippen molar-refractivity contribution in [3.8, 4) is 11.5 Å². The summed E-state index contributed by atoms with van der Waals surface area (Å²) < 4.78 is 11.2. The zero-order valence-electron chi connectivity index (χ0n) is 15.0. The van der Waals surface area contributed by atoms with Crippen LogP contribution in [0.4, 0.5) is 0 Å². The molecule has 1 atom stereocenters. The number of aryl methyl sites for hydroxylation is 1. The molecule has 3 aromatic rings. The highest BCUT2D eigenvalue weighted by Gasteiger charge is 2.12. The minimum absolute atomic E-state index is 0. The van der Waals surface area contributed by atoms with Gasteiger partial charge in [0.1, 0.15) is 17.8 Å². The molecule has 1 unspecified atom stereocenters. The average Bonchev–Trinajstić information content (AvgIpc) is 3.28. The maximum Gasteiger partial charge on any atom is 0.226 e. The fourth-order valence-corrected chi connectivity index (χ4v) is 2.43. The number of guanidine groups is 1. The van der Waals surface area contributed by atoms with Gasteiger partial charge in [0.05, 0.1) is 18.3 Å². The Kier molecular flexibility index (Phi) is 7.26. The standard InChI is InChI=1S/C19H22N4O2.HI/c1-13-9-10-17(25-13)14(2)22-19(20-3)21-11-16-12-24-18(23-16)15-7-5-4-6-8-15;/h4-10,12,14H,11H2,1-3H3,(H2,20,21,22);1H. The molecule has 138 valence electrons. The lowest BCUT2D eigenvalue weighted by atomic mass is 10.2. The van der Waals surface area contributed by atoms with Gasteiger partial charge in [0.15, 0.2) is 5.96 Å². The van der Waals surface area contributed by atoms with E-state index in [1.165, 1.54) is 0 Å². The quantitative estimate of drug-likeness (QED) is 0.334. The molecule has 2 aromatic heterocycles. The molecule has 0 bridgehead atoms. The van der Waals surface area contributed by atoms with Gasteiger partial charge < -0.3 is 19.5 Å². The predicted molar refractivity (Wildman–Crippen MR) is 113 cm³/mol. The van der Waals surface area contributed by atoms with Gasteiger partial charge >= 0.3 is 0 Å². The van der Waals surface area contributed by atoms with Crippen molar-refractivity contribution < 1.29 is 8.83 Å². The molecule has 0 saturated carbocycles. The van der Waals surface area contributed by atoms with Crippen molar-refractivity contribution in [1.82, 2.24) is 15.6 Å². The van der Waals surface area contributed by atoms with Crippen LogP contribution in [0.5, 0.6) is 0 Å². The number of aliphatic imine (C=N–C) groups is 1. The third kappa shape index (κ3) is 5.10. The molecule has 0 saturated heterocycles. The highest BCUT2D eigenvalue weighted by Crippen LogP contribution is 2.18. The fraction of sp³-hybridized carbons (Fsp3) is 0.263. The molecule has 3 rings (SSSR count). The van der Waals surface area contributed by atoms with Crippen LogP contribution in [0.15, 0.2) is 62.6 Å². The highest BCUT2D eigenvalue weighted by molar-refractivity contribution is 14.0. The highest BCUT2D eigenvalue weighted by atomic mass is 127. The summed E-state index contributed by atoms with van der Waals surface area (Å²) in [6, 6.07) is 13.7. The van der Waals surface area contributed by atoms with E-state index in [2.05, 4.69) is 20.6 Å². The van der Waals surface area contributed by atoms with E-state index in [0.717, 1.165) is 22.8 Å². The first kappa shape index (κ1) is 20.0. The van der Waals surface area contributed by atoms with Gasteiger partial charge in [0.25, 0.3) is 0 Å². The molecule has 0 amide bonds. The molecule has 1 aromatic carbocycles. The Balaban J connectivity index is 0.00000243. The predicted octanol–water partition coefficient (Wildman–Crippen LogP) is 4.29. The monoisotopic (exact) mass is 466 g/mol. The number of nitrogens with zero attached hydrogens (tertiary/aromatic N) is 2. The van der Waals surface area contributed by atoms with Gasteiger partial charge in [-0.1, -0.05) is 18.2 Å². The van der Waals surface area contributed by atoms with Crippen molar-refractivity contribution in [2.24, 2.45) is 4.99 Å². The van der Waals surface area contributed by atoms with E-state index in [9.17, 15) is 0 Å². The lowest BCUT2D eigenvalue weighted by Crippen LogP contribution is -2.38. The van der Waals surface area contributed by atoms with Gasteiger partial charge in [0.2, 0.25) is 5.89 Å². The number of furan rings is 1. The third-order valence-corrected chi connectivity index (χ3v) is 3.77. The molecule has 26 heavy (non-hydrogen) atoms. The Hall–Kier alpha value is -2.29. The van der Waals surface area contributed by atoms with Gasteiger partial charge in [-0.15, -0.1) is 24.0 Å². The number of halogens is 1. The van der Waals surface area contributed by atoms with Gasteiger partial charge in [-0.25, -0.2) is 4.98 Å². The lowest BCUT2D eigenvalue weighted by molar-refractivity contribution is 0.441. The van der Waals surface area contributed by atoms with Crippen LogP contribution in [0.1, 0.15) is 30.2 Å². The van der Waals surface area contributed by atoms with Crippen LogP contribution in [0.2, 0.25) is 0 Å². The van der Waals surface area contributed by atoms with Crippen LogP contribution in [-0.4, -0.2) is 18.0 Å². The first-order valence-electron chi connectivity index (χ1n) is 8.19. The first-order valence-corrected chi connectivity index (χ1v) is 8.19. The Morgan fingerprint density at radius 2 is 1.96 bits per heavy atom. The summed E-state index contributed by atoms with van der Waals surface area (Å²) in [5.41, 5.74) is 1.77. The minimum atomic E-state index is 0. The van der Waals surface area contributed by atoms with Crippen LogP contribution in [0.25, 0.3) is 11.5 Å². The Morgan fingerprint density at radius 1 is 1.19 bits per heavy atom. The van der Waals surface area contributed by atoms with E-state index in [4.69, 9.17) is 8.83 Å². The zero-order valence-corrected chi connectivity index (χ0v) is 17.4. The van der Waals surface area contributed by atoms with Gasteiger partial charge in [-0.2, -0.15) is 0 Å². The third-order valence-electron chi connectivity index (χ3n) is 3.77. The Bertz CT molecular complexity index is 842. The molecule has 0 spiro atoms. The summed E-state index contributed by atoms with van der Waals surface area (Å²) in [6.45, 7) is 4.47. The molecule has 7 heteroatoms. The fourth-order valence-electron chi connectivity index (χ4n) is 2.43. The number of rotatable bonds is 5. The number of benzene rings is 1. The summed E-state index contributed by atoms with van der Waals surface area (Å²) >= 11 is 0. The second-order valence-corrected chi connectivity index (χ2v) is 5.75. The average molecular weight is 466 g/mol. The van der Waals surface area contributed by atoms with Gasteiger partial charge in [-0.3, -0.25) is 4.99 Å². The van der Waals surface area contributed by atoms with Crippen molar-refractivity contribution in [2.45, 2.75) is 26.4 Å². The van der Waals surface area contributed by atoms with E-state index < -0.39 is 0 Å². The number of hydrogen-bond acceptors (Lipinski definition) is 4. The molecule has 0 fully saturated rings. The first-order chi connectivity index (χ1) is 12.2. The normalized spacial score (nSPS) is 12.3. The number of aromatic nitrogens is 1. The van der Waals surface area contributed by atoms with Crippen LogP contribution < -0.4 is 10.6 Å².